The van der Waals surface area contributed by atoms with E-state index in [-0.39, 0.29) is 0 Å². The van der Waals surface area contributed by atoms with Crippen LogP contribution in [0.4, 0.5) is 0 Å². The van der Waals surface area contributed by atoms with Crippen molar-refractivity contribution in [1.29, 1.82) is 0 Å². The molecule has 0 spiro atoms. The number of hydrogen-bond acceptors (Lipinski definition) is 2. The highest BCUT2D eigenvalue weighted by Crippen LogP contribution is 2.27. The van der Waals surface area contributed by atoms with E-state index in [4.69, 9.17) is 11.6 Å². The minimum Gasteiger partial charge on any atom is -0.179 e. The predicted molar refractivity (Wildman–Crippen MR) is 59.8 cm³/mol. The summed E-state index contributed by atoms with van der Waals surface area (Å²) in [6.45, 7) is 0. The number of hydrogen-bond donors (Lipinski definition) is 0. The van der Waals surface area contributed by atoms with Crippen LogP contribution in [0.2, 0.25) is 5.02 Å². The molecule has 2 rings (SSSR count). The van der Waals surface area contributed by atoms with Crippen LogP contribution < -0.4 is 4.57 Å². The molecule has 0 saturated carbocycles. The van der Waals surface area contributed by atoms with Gasteiger partial charge in [-0.15, -0.1) is 0 Å². The second-order valence-corrected chi connectivity index (χ2v) is 5.26. The second-order valence-electron chi connectivity index (χ2n) is 2.74. The quantitative estimate of drug-likeness (QED) is 0.538. The Morgan fingerprint density at radius 1 is 1.46 bits per heavy atom. The molecule has 1 aromatic carbocycles. The van der Waals surface area contributed by atoms with Crippen LogP contribution in [0.15, 0.2) is 22.5 Å². The van der Waals surface area contributed by atoms with Crippen molar-refractivity contribution in [3.63, 3.8) is 0 Å². The molecule has 0 unspecified atom stereocenters. The van der Waals surface area contributed by atoms with Crippen molar-refractivity contribution in [2.45, 2.75) is 4.34 Å². The first-order chi connectivity index (χ1) is 6.22. The van der Waals surface area contributed by atoms with Crippen molar-refractivity contribution in [3.8, 4) is 0 Å². The molecule has 0 radical (unpaired) electrons. The van der Waals surface area contributed by atoms with Crippen LogP contribution in [-0.2, 0) is 7.05 Å². The Hall–Kier alpha value is -0.250. The van der Waals surface area contributed by atoms with Crippen LogP contribution in [-0.4, -0.2) is 6.26 Å². The van der Waals surface area contributed by atoms with Crippen LogP contribution >= 0.6 is 34.7 Å². The number of fused-ring (bicyclic) bond motifs is 1. The molecule has 4 heteroatoms. The van der Waals surface area contributed by atoms with Gasteiger partial charge in [-0.05, 0) is 30.2 Å². The van der Waals surface area contributed by atoms with Gasteiger partial charge in [-0.3, -0.25) is 0 Å². The molecule has 0 aliphatic heterocycles. The van der Waals surface area contributed by atoms with E-state index in [2.05, 4.69) is 23.9 Å². The first kappa shape index (κ1) is 9.31. The van der Waals surface area contributed by atoms with E-state index in [0.717, 1.165) is 5.02 Å². The third kappa shape index (κ3) is 1.56. The molecule has 2 aromatic rings. The van der Waals surface area contributed by atoms with Gasteiger partial charge in [0.2, 0.25) is 5.52 Å². The number of thiazole rings is 1. The normalized spacial score (nSPS) is 11.0. The van der Waals surface area contributed by atoms with Crippen molar-refractivity contribution >= 4 is 44.9 Å². The summed E-state index contributed by atoms with van der Waals surface area (Å²) < 4.78 is 4.77. The average molecular weight is 231 g/mol. The number of rotatable bonds is 1. The molecule has 0 N–H and O–H groups in total. The number of aromatic nitrogens is 1. The Morgan fingerprint density at radius 2 is 2.23 bits per heavy atom. The standard InChI is InChI=1S/C9H9ClNS2/c1-11-7-5-6(10)3-4-8(7)13-9(11)12-2/h3-5H,1-2H3/q+1. The van der Waals surface area contributed by atoms with Crippen LogP contribution in [0.25, 0.3) is 10.2 Å². The number of nitrogens with zero attached hydrogens (tertiary/aromatic N) is 1. The van der Waals surface area contributed by atoms with Crippen LogP contribution in [0.3, 0.4) is 0 Å². The first-order valence-electron chi connectivity index (χ1n) is 3.84. The SMILES string of the molecule is CSc1sc2ccc(Cl)cc2[n+]1C. The molecule has 0 aliphatic rings. The first-order valence-corrected chi connectivity index (χ1v) is 6.26. The summed E-state index contributed by atoms with van der Waals surface area (Å²) in [5.41, 5.74) is 1.21. The van der Waals surface area contributed by atoms with E-state index in [0.29, 0.717) is 0 Å². The monoisotopic (exact) mass is 230 g/mol. The Morgan fingerprint density at radius 3 is 2.92 bits per heavy atom. The van der Waals surface area contributed by atoms with Crippen LogP contribution in [0, 0.1) is 0 Å². The minimum absolute atomic E-state index is 0.800. The largest absolute Gasteiger partial charge is 0.297 e. The molecule has 0 bridgehead atoms. The topological polar surface area (TPSA) is 3.88 Å². The highest BCUT2D eigenvalue weighted by atomic mass is 35.5. The highest BCUT2D eigenvalue weighted by Gasteiger charge is 2.15. The van der Waals surface area contributed by atoms with Gasteiger partial charge in [-0.25, -0.2) is 0 Å². The lowest BCUT2D eigenvalue weighted by atomic mass is 10.3. The van der Waals surface area contributed by atoms with E-state index in [1.165, 1.54) is 14.6 Å². The van der Waals surface area contributed by atoms with Gasteiger partial charge in [0.15, 0.2) is 0 Å². The van der Waals surface area contributed by atoms with Crippen molar-refractivity contribution in [2.75, 3.05) is 6.26 Å². The maximum atomic E-state index is 5.93. The Labute approximate surface area is 90.3 Å². The van der Waals surface area contributed by atoms with E-state index in [1.54, 1.807) is 23.1 Å². The van der Waals surface area contributed by atoms with Gasteiger partial charge in [0.25, 0.3) is 4.34 Å². The zero-order valence-electron chi connectivity index (χ0n) is 7.37. The maximum Gasteiger partial charge on any atom is 0.297 e. The molecule has 1 nitrogen and oxygen atoms in total. The number of benzene rings is 1. The van der Waals surface area contributed by atoms with Crippen molar-refractivity contribution in [1.82, 2.24) is 0 Å². The molecule has 0 amide bonds. The Balaban J connectivity index is 2.77. The molecular weight excluding hydrogens is 222 g/mol. The number of aryl methyl sites for hydroxylation is 1. The van der Waals surface area contributed by atoms with Crippen molar-refractivity contribution < 1.29 is 4.57 Å². The average Bonchev–Trinajstić information content (AvgIpc) is 2.44. The van der Waals surface area contributed by atoms with Gasteiger partial charge in [-0.2, -0.15) is 4.57 Å². The lowest BCUT2D eigenvalue weighted by molar-refractivity contribution is -0.676. The summed E-state index contributed by atoms with van der Waals surface area (Å²) in [6, 6.07) is 6.01. The van der Waals surface area contributed by atoms with Crippen molar-refractivity contribution in [3.05, 3.63) is 23.2 Å². The molecule has 1 heterocycles. The van der Waals surface area contributed by atoms with Crippen LogP contribution in [0.5, 0.6) is 0 Å². The molecule has 0 atom stereocenters. The van der Waals surface area contributed by atoms with Crippen LogP contribution in [0.1, 0.15) is 0 Å². The fraction of sp³-hybridized carbons (Fsp3) is 0.222. The molecular formula is C9H9ClNS2+. The van der Waals surface area contributed by atoms with Gasteiger partial charge in [-0.1, -0.05) is 22.9 Å². The second kappa shape index (κ2) is 3.48. The summed E-state index contributed by atoms with van der Waals surface area (Å²) >= 11 is 9.49. The van der Waals surface area contributed by atoms with Gasteiger partial charge in [0.1, 0.15) is 11.7 Å². The molecule has 0 saturated heterocycles. The minimum atomic E-state index is 0.800. The van der Waals surface area contributed by atoms with Crippen molar-refractivity contribution in [2.24, 2.45) is 7.05 Å². The molecule has 68 valence electrons. The summed E-state index contributed by atoms with van der Waals surface area (Å²) in [5, 5.41) is 0.800. The maximum absolute atomic E-state index is 5.93. The lowest BCUT2D eigenvalue weighted by Gasteiger charge is -1.87. The zero-order valence-corrected chi connectivity index (χ0v) is 9.76. The van der Waals surface area contributed by atoms with Gasteiger partial charge >= 0.3 is 0 Å². The molecule has 0 fully saturated rings. The van der Waals surface area contributed by atoms with Gasteiger partial charge < -0.3 is 0 Å². The lowest BCUT2D eigenvalue weighted by Crippen LogP contribution is -2.27. The number of halogens is 1. The summed E-state index contributed by atoms with van der Waals surface area (Å²) in [4.78, 5) is 0. The number of thioether (sulfide) groups is 1. The fourth-order valence-electron chi connectivity index (χ4n) is 1.28. The highest BCUT2D eigenvalue weighted by molar-refractivity contribution is 8.00. The summed E-state index contributed by atoms with van der Waals surface area (Å²) in [7, 11) is 2.07. The molecule has 0 aliphatic carbocycles. The zero-order chi connectivity index (χ0) is 9.42. The third-order valence-corrected chi connectivity index (χ3v) is 4.55. The van der Waals surface area contributed by atoms with E-state index < -0.39 is 0 Å². The summed E-state index contributed by atoms with van der Waals surface area (Å²) in [5.74, 6) is 0. The van der Waals surface area contributed by atoms with E-state index in [9.17, 15) is 0 Å². The van der Waals surface area contributed by atoms with E-state index >= 15 is 0 Å². The smallest absolute Gasteiger partial charge is 0.179 e. The third-order valence-electron chi connectivity index (χ3n) is 1.93. The predicted octanol–water partition coefficient (Wildman–Crippen LogP) is 3.10. The summed E-state index contributed by atoms with van der Waals surface area (Å²) in [6.07, 6.45) is 2.09. The molecule has 1 aromatic heterocycles. The molecule has 13 heavy (non-hydrogen) atoms. The van der Waals surface area contributed by atoms with Gasteiger partial charge in [0, 0.05) is 11.1 Å². The fourth-order valence-corrected chi connectivity index (χ4v) is 3.28. The Kier molecular flexibility index (Phi) is 2.49. The van der Waals surface area contributed by atoms with Gasteiger partial charge in [0.05, 0.1) is 0 Å². The Bertz CT molecular complexity index is 450. The van der Waals surface area contributed by atoms with E-state index in [1.807, 2.05) is 12.1 Å².